The van der Waals surface area contributed by atoms with E-state index >= 15 is 0 Å². The third-order valence-electron chi connectivity index (χ3n) is 5.81. The molecule has 2 aliphatic heterocycles. The molecule has 2 fully saturated rings. The van der Waals surface area contributed by atoms with Gasteiger partial charge in [-0.15, -0.1) is 0 Å². The van der Waals surface area contributed by atoms with E-state index in [0.29, 0.717) is 31.7 Å². The fourth-order valence-electron chi connectivity index (χ4n) is 4.12. The van der Waals surface area contributed by atoms with Crippen LogP contribution in [-0.2, 0) is 22.6 Å². The molecule has 28 heavy (non-hydrogen) atoms. The maximum Gasteiger partial charge on any atom is 0.225 e. The molecule has 1 aromatic heterocycles. The number of hydrogen-bond donors (Lipinski definition) is 0. The Morgan fingerprint density at radius 1 is 1.07 bits per heavy atom. The van der Waals surface area contributed by atoms with E-state index in [0.717, 1.165) is 32.5 Å². The summed E-state index contributed by atoms with van der Waals surface area (Å²) in [5, 5.41) is 0. The van der Waals surface area contributed by atoms with Crippen molar-refractivity contribution in [3.05, 3.63) is 65.7 Å². The van der Waals surface area contributed by atoms with Crippen LogP contribution in [0.3, 0.4) is 0 Å². The van der Waals surface area contributed by atoms with E-state index in [2.05, 4.69) is 16.0 Å². The summed E-state index contributed by atoms with van der Waals surface area (Å²) >= 11 is 0. The second kappa shape index (κ2) is 8.37. The number of pyridine rings is 1. The molecule has 1 amide bonds. The molecule has 2 aliphatic rings. The number of amides is 1. The standard InChI is InChI=1S/C22H26FN3O2/c23-20-6-2-1-5-19(20)17-26-12-13-28-22(14-21(26)27)7-10-25(11-8-22)16-18-4-3-9-24-15-18/h1-6,9,15H,7-8,10-14,16-17H2. The number of nitrogens with zero attached hydrogens (tertiary/aromatic N) is 3. The third kappa shape index (κ3) is 4.39. The van der Waals surface area contributed by atoms with Gasteiger partial charge in [0.05, 0.1) is 18.6 Å². The molecule has 6 heteroatoms. The Kier molecular flexibility index (Phi) is 5.69. The lowest BCUT2D eigenvalue weighted by molar-refractivity contribution is -0.136. The van der Waals surface area contributed by atoms with E-state index in [1.54, 1.807) is 29.3 Å². The van der Waals surface area contributed by atoms with Crippen molar-refractivity contribution in [3.63, 3.8) is 0 Å². The maximum atomic E-state index is 14.0. The fourth-order valence-corrected chi connectivity index (χ4v) is 4.12. The molecule has 3 heterocycles. The van der Waals surface area contributed by atoms with Crippen LogP contribution in [0.4, 0.5) is 4.39 Å². The minimum Gasteiger partial charge on any atom is -0.373 e. The highest BCUT2D eigenvalue weighted by Crippen LogP contribution is 2.33. The predicted octanol–water partition coefficient (Wildman–Crippen LogP) is 3.00. The summed E-state index contributed by atoms with van der Waals surface area (Å²) in [6.45, 7) is 3.98. The average molecular weight is 383 g/mol. The zero-order valence-electron chi connectivity index (χ0n) is 16.0. The lowest BCUT2D eigenvalue weighted by Gasteiger charge is -2.40. The number of ether oxygens (including phenoxy) is 1. The molecule has 4 rings (SSSR count). The Bertz CT molecular complexity index is 806. The van der Waals surface area contributed by atoms with Crippen LogP contribution in [0.5, 0.6) is 0 Å². The highest BCUT2D eigenvalue weighted by Gasteiger charge is 2.40. The molecule has 0 aliphatic carbocycles. The molecule has 2 aromatic rings. The number of likely N-dealkylation sites (tertiary alicyclic amines) is 1. The molecule has 1 aromatic carbocycles. The van der Waals surface area contributed by atoms with Gasteiger partial charge in [0.15, 0.2) is 0 Å². The molecule has 1 spiro atoms. The molecular weight excluding hydrogens is 357 g/mol. The topological polar surface area (TPSA) is 45.7 Å². The van der Waals surface area contributed by atoms with E-state index in [4.69, 9.17) is 4.74 Å². The second-order valence-electron chi connectivity index (χ2n) is 7.75. The fraction of sp³-hybridized carbons (Fsp3) is 0.455. The Morgan fingerprint density at radius 2 is 1.89 bits per heavy atom. The zero-order valence-corrected chi connectivity index (χ0v) is 16.0. The van der Waals surface area contributed by atoms with Gasteiger partial charge < -0.3 is 9.64 Å². The number of carbonyl (C=O) groups excluding carboxylic acids is 1. The van der Waals surface area contributed by atoms with Gasteiger partial charge in [-0.3, -0.25) is 14.7 Å². The number of rotatable bonds is 4. The van der Waals surface area contributed by atoms with Crippen molar-refractivity contribution < 1.29 is 13.9 Å². The van der Waals surface area contributed by atoms with Gasteiger partial charge in [-0.25, -0.2) is 4.39 Å². The van der Waals surface area contributed by atoms with Crippen LogP contribution in [0, 0.1) is 5.82 Å². The van der Waals surface area contributed by atoms with E-state index in [-0.39, 0.29) is 17.3 Å². The Labute approximate surface area is 165 Å². The molecule has 0 radical (unpaired) electrons. The van der Waals surface area contributed by atoms with Crippen molar-refractivity contribution in [1.82, 2.24) is 14.8 Å². The van der Waals surface area contributed by atoms with Crippen LogP contribution in [0.25, 0.3) is 0 Å². The van der Waals surface area contributed by atoms with E-state index in [1.807, 2.05) is 12.3 Å². The Morgan fingerprint density at radius 3 is 2.64 bits per heavy atom. The molecular formula is C22H26FN3O2. The lowest BCUT2D eigenvalue weighted by Crippen LogP contribution is -2.47. The van der Waals surface area contributed by atoms with Gasteiger partial charge in [-0.2, -0.15) is 0 Å². The summed E-state index contributed by atoms with van der Waals surface area (Å²) in [4.78, 5) is 21.2. The van der Waals surface area contributed by atoms with Crippen molar-refractivity contribution in [2.75, 3.05) is 26.2 Å². The summed E-state index contributed by atoms with van der Waals surface area (Å²) < 4.78 is 20.2. The van der Waals surface area contributed by atoms with Gasteiger partial charge in [0, 0.05) is 50.7 Å². The second-order valence-corrected chi connectivity index (χ2v) is 7.75. The number of carbonyl (C=O) groups is 1. The van der Waals surface area contributed by atoms with Crippen molar-refractivity contribution in [2.45, 2.75) is 38.0 Å². The van der Waals surface area contributed by atoms with Crippen LogP contribution in [0.2, 0.25) is 0 Å². The molecule has 0 bridgehead atoms. The summed E-state index contributed by atoms with van der Waals surface area (Å²) in [6, 6.07) is 10.7. The first-order chi connectivity index (χ1) is 13.6. The van der Waals surface area contributed by atoms with Gasteiger partial charge in [-0.05, 0) is 30.5 Å². The number of halogens is 1. The Hall–Kier alpha value is -2.31. The molecule has 0 atom stereocenters. The quantitative estimate of drug-likeness (QED) is 0.814. The summed E-state index contributed by atoms with van der Waals surface area (Å²) in [7, 11) is 0. The van der Waals surface area contributed by atoms with E-state index in [1.165, 1.54) is 11.6 Å². The van der Waals surface area contributed by atoms with Crippen molar-refractivity contribution in [2.24, 2.45) is 0 Å². The highest BCUT2D eigenvalue weighted by atomic mass is 19.1. The lowest BCUT2D eigenvalue weighted by atomic mass is 9.87. The average Bonchev–Trinajstić information content (AvgIpc) is 2.85. The first kappa shape index (κ1) is 19.0. The normalized spacial score (nSPS) is 20.3. The van der Waals surface area contributed by atoms with Crippen LogP contribution in [0.1, 0.15) is 30.4 Å². The summed E-state index contributed by atoms with van der Waals surface area (Å²) in [5.74, 6) is -0.208. The first-order valence-corrected chi connectivity index (χ1v) is 9.90. The van der Waals surface area contributed by atoms with Gasteiger partial charge in [0.1, 0.15) is 5.82 Å². The SMILES string of the molecule is O=C1CC2(CCN(Cc3cccnc3)CC2)OCCN1Cc1ccccc1F. The summed E-state index contributed by atoms with van der Waals surface area (Å²) in [6.07, 6.45) is 5.74. The number of hydrogen-bond acceptors (Lipinski definition) is 4. The predicted molar refractivity (Wildman–Crippen MR) is 104 cm³/mol. The van der Waals surface area contributed by atoms with Crippen LogP contribution >= 0.6 is 0 Å². The van der Waals surface area contributed by atoms with Crippen molar-refractivity contribution in [1.29, 1.82) is 0 Å². The van der Waals surface area contributed by atoms with Gasteiger partial charge in [0.25, 0.3) is 0 Å². The number of benzene rings is 1. The van der Waals surface area contributed by atoms with Crippen LogP contribution < -0.4 is 0 Å². The smallest absolute Gasteiger partial charge is 0.225 e. The largest absolute Gasteiger partial charge is 0.373 e. The molecule has 5 nitrogen and oxygen atoms in total. The van der Waals surface area contributed by atoms with Gasteiger partial charge in [0.2, 0.25) is 5.91 Å². The first-order valence-electron chi connectivity index (χ1n) is 9.90. The maximum absolute atomic E-state index is 14.0. The summed E-state index contributed by atoms with van der Waals surface area (Å²) in [5.41, 5.74) is 1.37. The molecule has 0 unspecified atom stereocenters. The van der Waals surface area contributed by atoms with E-state index in [9.17, 15) is 9.18 Å². The zero-order chi connectivity index (χ0) is 19.4. The van der Waals surface area contributed by atoms with Crippen molar-refractivity contribution in [3.8, 4) is 0 Å². The van der Waals surface area contributed by atoms with Gasteiger partial charge >= 0.3 is 0 Å². The molecule has 2 saturated heterocycles. The van der Waals surface area contributed by atoms with Gasteiger partial charge in [-0.1, -0.05) is 24.3 Å². The third-order valence-corrected chi connectivity index (χ3v) is 5.81. The monoisotopic (exact) mass is 383 g/mol. The molecule has 0 saturated carbocycles. The molecule has 0 N–H and O–H groups in total. The molecule has 148 valence electrons. The van der Waals surface area contributed by atoms with Crippen molar-refractivity contribution >= 4 is 5.91 Å². The minimum absolute atomic E-state index is 0.0569. The Balaban J connectivity index is 1.35. The highest BCUT2D eigenvalue weighted by molar-refractivity contribution is 5.77. The number of piperidine rings is 1. The van der Waals surface area contributed by atoms with Crippen LogP contribution in [-0.4, -0.2) is 52.5 Å². The number of aromatic nitrogens is 1. The van der Waals surface area contributed by atoms with E-state index < -0.39 is 0 Å². The van der Waals surface area contributed by atoms with Crippen LogP contribution in [0.15, 0.2) is 48.8 Å². The minimum atomic E-state index is -0.382.